The van der Waals surface area contributed by atoms with Crippen molar-refractivity contribution in [1.29, 1.82) is 0 Å². The summed E-state index contributed by atoms with van der Waals surface area (Å²) in [5.41, 5.74) is -0.0881. The molecule has 1 aromatic rings. The molecule has 0 saturated heterocycles. The molecular weight excluding hydrogens is 259 g/mol. The second-order valence-electron chi connectivity index (χ2n) is 3.81. The maximum atomic E-state index is 13.6. The molecule has 18 heavy (non-hydrogen) atoms. The van der Waals surface area contributed by atoms with Gasteiger partial charge in [-0.1, -0.05) is 0 Å². The highest BCUT2D eigenvalue weighted by molar-refractivity contribution is 7.99. The van der Waals surface area contributed by atoms with Crippen LogP contribution in [-0.4, -0.2) is 34.2 Å². The largest absolute Gasteiger partial charge is 0.395 e. The molecule has 2 N–H and O–H groups in total. The summed E-state index contributed by atoms with van der Waals surface area (Å²) in [6.07, 6.45) is 1.85. The highest BCUT2D eigenvalue weighted by atomic mass is 32.2. The van der Waals surface area contributed by atoms with E-state index in [2.05, 4.69) is 5.32 Å². The Labute approximate surface area is 109 Å². The predicted molar refractivity (Wildman–Crippen MR) is 70.5 cm³/mol. The van der Waals surface area contributed by atoms with Crippen LogP contribution >= 0.6 is 11.8 Å². The van der Waals surface area contributed by atoms with E-state index in [1.165, 1.54) is 23.9 Å². The van der Waals surface area contributed by atoms with Gasteiger partial charge in [-0.25, -0.2) is 4.39 Å². The Morgan fingerprint density at radius 1 is 1.61 bits per heavy atom. The van der Waals surface area contributed by atoms with Crippen LogP contribution in [0.1, 0.15) is 6.92 Å². The van der Waals surface area contributed by atoms with Crippen LogP contribution < -0.4 is 5.32 Å². The molecule has 0 spiro atoms. The number of hydrogen-bond donors (Lipinski definition) is 2. The van der Waals surface area contributed by atoms with Gasteiger partial charge in [0.25, 0.3) is 5.69 Å². The van der Waals surface area contributed by atoms with E-state index in [0.717, 1.165) is 6.07 Å². The quantitative estimate of drug-likeness (QED) is 0.614. The van der Waals surface area contributed by atoms with Gasteiger partial charge in [0.2, 0.25) is 0 Å². The highest BCUT2D eigenvalue weighted by Gasteiger charge is 2.17. The number of aliphatic hydroxyl groups is 1. The lowest BCUT2D eigenvalue weighted by molar-refractivity contribution is -0.385. The first kappa shape index (κ1) is 14.7. The topological polar surface area (TPSA) is 75.4 Å². The minimum atomic E-state index is -0.672. The van der Waals surface area contributed by atoms with E-state index in [0.29, 0.717) is 0 Å². The SMILES string of the molecule is CSC(CO)C(C)Nc1ccc([N+](=O)[O-])cc1F. The van der Waals surface area contributed by atoms with Gasteiger partial charge < -0.3 is 10.4 Å². The number of hydrogen-bond acceptors (Lipinski definition) is 5. The van der Waals surface area contributed by atoms with E-state index in [1.807, 2.05) is 13.2 Å². The van der Waals surface area contributed by atoms with Gasteiger partial charge in [0.05, 0.1) is 23.3 Å². The van der Waals surface area contributed by atoms with Gasteiger partial charge in [-0.2, -0.15) is 11.8 Å². The molecule has 2 atom stereocenters. The molecule has 0 amide bonds. The fraction of sp³-hybridized carbons (Fsp3) is 0.455. The third kappa shape index (κ3) is 3.58. The standard InChI is InChI=1S/C11H15FN2O3S/c1-7(11(6-15)18-2)13-10-4-3-8(14(16)17)5-9(10)12/h3-5,7,11,13,15H,6H2,1-2H3. The number of nitrogens with zero attached hydrogens (tertiary/aromatic N) is 1. The van der Waals surface area contributed by atoms with Crippen LogP contribution in [0.2, 0.25) is 0 Å². The maximum absolute atomic E-state index is 13.6. The van der Waals surface area contributed by atoms with Crippen molar-refractivity contribution in [2.75, 3.05) is 18.2 Å². The van der Waals surface area contributed by atoms with Crippen LogP contribution in [0, 0.1) is 15.9 Å². The van der Waals surface area contributed by atoms with Crippen molar-refractivity contribution in [3.63, 3.8) is 0 Å². The lowest BCUT2D eigenvalue weighted by Gasteiger charge is -2.22. The van der Waals surface area contributed by atoms with E-state index in [4.69, 9.17) is 5.11 Å². The van der Waals surface area contributed by atoms with Gasteiger partial charge in [-0.05, 0) is 19.2 Å². The average molecular weight is 274 g/mol. The first-order valence-electron chi connectivity index (χ1n) is 5.33. The minimum Gasteiger partial charge on any atom is -0.395 e. The number of aliphatic hydroxyl groups excluding tert-OH is 1. The number of nitro benzene ring substituents is 1. The zero-order valence-corrected chi connectivity index (χ0v) is 10.9. The summed E-state index contributed by atoms with van der Waals surface area (Å²) in [6.45, 7) is 1.79. The number of thioether (sulfide) groups is 1. The van der Waals surface area contributed by atoms with Gasteiger partial charge in [-0.3, -0.25) is 10.1 Å². The third-order valence-corrected chi connectivity index (χ3v) is 3.75. The highest BCUT2D eigenvalue weighted by Crippen LogP contribution is 2.23. The first-order chi connectivity index (χ1) is 8.49. The zero-order valence-electron chi connectivity index (χ0n) is 10.1. The smallest absolute Gasteiger partial charge is 0.272 e. The van der Waals surface area contributed by atoms with E-state index in [9.17, 15) is 14.5 Å². The number of non-ortho nitro benzene ring substituents is 1. The molecule has 0 aliphatic rings. The van der Waals surface area contributed by atoms with Crippen molar-refractivity contribution in [3.05, 3.63) is 34.1 Å². The van der Waals surface area contributed by atoms with Crippen molar-refractivity contribution in [3.8, 4) is 0 Å². The third-order valence-electron chi connectivity index (χ3n) is 2.59. The lowest BCUT2D eigenvalue weighted by atomic mass is 10.2. The summed E-state index contributed by atoms with van der Waals surface area (Å²) >= 11 is 1.47. The molecule has 0 fully saturated rings. The molecule has 5 nitrogen and oxygen atoms in total. The number of nitrogens with one attached hydrogen (secondary N) is 1. The molecule has 0 radical (unpaired) electrons. The zero-order chi connectivity index (χ0) is 13.7. The summed E-state index contributed by atoms with van der Waals surface area (Å²) in [5, 5.41) is 22.4. The molecule has 0 aromatic heterocycles. The number of halogens is 1. The van der Waals surface area contributed by atoms with E-state index in [-0.39, 0.29) is 29.3 Å². The number of anilines is 1. The molecule has 1 aromatic carbocycles. The van der Waals surface area contributed by atoms with E-state index in [1.54, 1.807) is 0 Å². The van der Waals surface area contributed by atoms with Crippen LogP contribution in [0.15, 0.2) is 18.2 Å². The maximum Gasteiger partial charge on any atom is 0.272 e. The monoisotopic (exact) mass is 274 g/mol. The van der Waals surface area contributed by atoms with Crippen LogP contribution in [-0.2, 0) is 0 Å². The fourth-order valence-corrected chi connectivity index (χ4v) is 2.14. The molecule has 7 heteroatoms. The Bertz CT molecular complexity index is 427. The summed E-state index contributed by atoms with van der Waals surface area (Å²) in [6, 6.07) is 3.30. The fourth-order valence-electron chi connectivity index (χ4n) is 1.51. The molecular formula is C11H15FN2O3S. The van der Waals surface area contributed by atoms with Crippen molar-refractivity contribution in [1.82, 2.24) is 0 Å². The van der Waals surface area contributed by atoms with Gasteiger partial charge in [0.1, 0.15) is 0 Å². The molecule has 0 saturated carbocycles. The van der Waals surface area contributed by atoms with Crippen molar-refractivity contribution in [2.45, 2.75) is 18.2 Å². The lowest BCUT2D eigenvalue weighted by Crippen LogP contribution is -2.31. The summed E-state index contributed by atoms with van der Waals surface area (Å²) in [4.78, 5) is 9.83. The molecule has 0 bridgehead atoms. The van der Waals surface area contributed by atoms with Crippen LogP contribution in [0.5, 0.6) is 0 Å². The van der Waals surface area contributed by atoms with E-state index < -0.39 is 10.7 Å². The van der Waals surface area contributed by atoms with Crippen LogP contribution in [0.4, 0.5) is 15.8 Å². The molecule has 0 heterocycles. The van der Waals surface area contributed by atoms with Crippen molar-refractivity contribution < 1.29 is 14.4 Å². The Kier molecular flexibility index (Phi) is 5.36. The molecule has 1 rings (SSSR count). The normalized spacial score (nSPS) is 14.0. The Morgan fingerprint density at radius 3 is 2.72 bits per heavy atom. The number of nitro groups is 1. The minimum absolute atomic E-state index is 0.0239. The summed E-state index contributed by atoms with van der Waals surface area (Å²) < 4.78 is 13.6. The average Bonchev–Trinajstić information content (AvgIpc) is 2.33. The van der Waals surface area contributed by atoms with Crippen molar-refractivity contribution >= 4 is 23.1 Å². The number of benzene rings is 1. The van der Waals surface area contributed by atoms with Crippen LogP contribution in [0.3, 0.4) is 0 Å². The Hall–Kier alpha value is -1.34. The molecule has 0 aliphatic carbocycles. The van der Waals surface area contributed by atoms with Gasteiger partial charge in [-0.15, -0.1) is 0 Å². The molecule has 2 unspecified atom stereocenters. The summed E-state index contributed by atoms with van der Waals surface area (Å²) in [7, 11) is 0. The van der Waals surface area contributed by atoms with E-state index >= 15 is 0 Å². The van der Waals surface area contributed by atoms with Crippen molar-refractivity contribution in [2.24, 2.45) is 0 Å². The number of rotatable bonds is 6. The van der Waals surface area contributed by atoms with Gasteiger partial charge in [0.15, 0.2) is 5.82 Å². The van der Waals surface area contributed by atoms with Gasteiger partial charge >= 0.3 is 0 Å². The predicted octanol–water partition coefficient (Wildman–Crippen LogP) is 2.26. The summed E-state index contributed by atoms with van der Waals surface area (Å²) in [5.74, 6) is -0.672. The van der Waals surface area contributed by atoms with Gasteiger partial charge in [0, 0.05) is 17.4 Å². The molecule has 100 valence electrons. The Balaban J connectivity index is 2.82. The van der Waals surface area contributed by atoms with Crippen LogP contribution in [0.25, 0.3) is 0 Å². The Morgan fingerprint density at radius 2 is 2.28 bits per heavy atom. The molecule has 0 aliphatic heterocycles. The second kappa shape index (κ2) is 6.55. The first-order valence-corrected chi connectivity index (χ1v) is 6.62. The second-order valence-corrected chi connectivity index (χ2v) is 4.89.